The minimum absolute atomic E-state index is 0.143. The van der Waals surface area contributed by atoms with Gasteiger partial charge in [0, 0.05) is 19.5 Å². The SMILES string of the molecule is CNCCNC(=O)CCCCc1nc2ccccc2s1. The summed E-state index contributed by atoms with van der Waals surface area (Å²) in [5.74, 6) is 0.143. The van der Waals surface area contributed by atoms with E-state index in [2.05, 4.69) is 21.7 Å². The molecule has 0 unspecified atom stereocenters. The van der Waals surface area contributed by atoms with Crippen LogP contribution in [0.5, 0.6) is 0 Å². The Morgan fingerprint density at radius 2 is 2.10 bits per heavy atom. The smallest absolute Gasteiger partial charge is 0.220 e. The maximum absolute atomic E-state index is 11.5. The number of unbranched alkanes of at least 4 members (excludes halogenated alkanes) is 1. The summed E-state index contributed by atoms with van der Waals surface area (Å²) in [6, 6.07) is 8.21. The molecule has 0 saturated carbocycles. The zero-order chi connectivity index (χ0) is 14.2. The summed E-state index contributed by atoms with van der Waals surface area (Å²) in [6.45, 7) is 1.52. The molecular formula is C15H21N3OS. The minimum atomic E-state index is 0.143. The van der Waals surface area contributed by atoms with Gasteiger partial charge in [0.2, 0.25) is 5.91 Å². The van der Waals surface area contributed by atoms with Crippen LogP contribution in [0.3, 0.4) is 0 Å². The lowest BCUT2D eigenvalue weighted by Gasteiger charge is -2.03. The maximum atomic E-state index is 11.5. The van der Waals surface area contributed by atoms with Crippen LogP contribution in [-0.4, -0.2) is 31.0 Å². The van der Waals surface area contributed by atoms with E-state index >= 15 is 0 Å². The van der Waals surface area contributed by atoms with Crippen LogP contribution in [0.2, 0.25) is 0 Å². The average molecular weight is 291 g/mol. The summed E-state index contributed by atoms with van der Waals surface area (Å²) in [5.41, 5.74) is 1.08. The number of hydrogen-bond acceptors (Lipinski definition) is 4. The summed E-state index contributed by atoms with van der Waals surface area (Å²) in [6.07, 6.45) is 3.50. The van der Waals surface area contributed by atoms with Gasteiger partial charge in [-0.05, 0) is 38.4 Å². The fourth-order valence-corrected chi connectivity index (χ4v) is 3.01. The van der Waals surface area contributed by atoms with Crippen molar-refractivity contribution < 1.29 is 4.79 Å². The zero-order valence-electron chi connectivity index (χ0n) is 11.8. The molecule has 0 saturated heterocycles. The lowest BCUT2D eigenvalue weighted by Crippen LogP contribution is -2.30. The van der Waals surface area contributed by atoms with Gasteiger partial charge in [0.1, 0.15) is 0 Å². The largest absolute Gasteiger partial charge is 0.355 e. The van der Waals surface area contributed by atoms with Gasteiger partial charge in [-0.1, -0.05) is 12.1 Å². The molecule has 0 aliphatic heterocycles. The second-order valence-corrected chi connectivity index (χ2v) is 5.85. The Balaban J connectivity index is 1.67. The van der Waals surface area contributed by atoms with E-state index in [-0.39, 0.29) is 5.91 Å². The number of amides is 1. The van der Waals surface area contributed by atoms with Crippen molar-refractivity contribution in [2.24, 2.45) is 0 Å². The van der Waals surface area contributed by atoms with E-state index in [1.165, 1.54) is 9.71 Å². The molecule has 4 nitrogen and oxygen atoms in total. The average Bonchev–Trinajstić information content (AvgIpc) is 2.86. The van der Waals surface area contributed by atoms with Gasteiger partial charge >= 0.3 is 0 Å². The van der Waals surface area contributed by atoms with Crippen molar-refractivity contribution in [1.29, 1.82) is 0 Å². The van der Waals surface area contributed by atoms with Crippen LogP contribution in [0.1, 0.15) is 24.3 Å². The van der Waals surface area contributed by atoms with Crippen molar-refractivity contribution in [2.45, 2.75) is 25.7 Å². The number of nitrogens with one attached hydrogen (secondary N) is 2. The molecule has 0 radical (unpaired) electrons. The highest BCUT2D eigenvalue weighted by molar-refractivity contribution is 7.18. The monoisotopic (exact) mass is 291 g/mol. The molecule has 1 heterocycles. The number of nitrogens with zero attached hydrogens (tertiary/aromatic N) is 1. The molecular weight excluding hydrogens is 270 g/mol. The molecule has 0 atom stereocenters. The molecule has 0 bridgehead atoms. The molecule has 0 aliphatic rings. The van der Waals surface area contributed by atoms with Crippen LogP contribution in [0.4, 0.5) is 0 Å². The molecule has 1 aromatic heterocycles. The Labute approximate surface area is 123 Å². The Morgan fingerprint density at radius 3 is 2.90 bits per heavy atom. The highest BCUT2D eigenvalue weighted by Crippen LogP contribution is 2.22. The fourth-order valence-electron chi connectivity index (χ4n) is 2.00. The van der Waals surface area contributed by atoms with Crippen LogP contribution in [0.25, 0.3) is 10.2 Å². The number of para-hydroxylation sites is 1. The number of aromatic nitrogens is 1. The van der Waals surface area contributed by atoms with E-state index < -0.39 is 0 Å². The molecule has 1 amide bonds. The van der Waals surface area contributed by atoms with E-state index in [0.717, 1.165) is 31.3 Å². The third kappa shape index (κ3) is 4.58. The topological polar surface area (TPSA) is 54.0 Å². The first-order valence-electron chi connectivity index (χ1n) is 7.05. The quantitative estimate of drug-likeness (QED) is 0.734. The summed E-state index contributed by atoms with van der Waals surface area (Å²) < 4.78 is 1.24. The van der Waals surface area contributed by atoms with Gasteiger partial charge in [-0.15, -0.1) is 11.3 Å². The number of rotatable bonds is 8. The highest BCUT2D eigenvalue weighted by Gasteiger charge is 2.04. The Kier molecular flexibility index (Phi) is 5.95. The zero-order valence-corrected chi connectivity index (χ0v) is 12.6. The number of fused-ring (bicyclic) bond motifs is 1. The molecule has 2 aromatic rings. The Bertz CT molecular complexity index is 520. The van der Waals surface area contributed by atoms with Gasteiger partial charge in [0.15, 0.2) is 0 Å². The normalized spacial score (nSPS) is 10.8. The first-order valence-corrected chi connectivity index (χ1v) is 7.87. The van der Waals surface area contributed by atoms with Crippen molar-refractivity contribution in [3.8, 4) is 0 Å². The minimum Gasteiger partial charge on any atom is -0.355 e. The van der Waals surface area contributed by atoms with E-state index in [1.807, 2.05) is 25.2 Å². The van der Waals surface area contributed by atoms with Gasteiger partial charge in [0.05, 0.1) is 15.2 Å². The number of carbonyl (C=O) groups excluding carboxylic acids is 1. The van der Waals surface area contributed by atoms with E-state index in [9.17, 15) is 4.79 Å². The molecule has 1 aromatic carbocycles. The number of aryl methyl sites for hydroxylation is 1. The van der Waals surface area contributed by atoms with Crippen molar-refractivity contribution in [3.63, 3.8) is 0 Å². The van der Waals surface area contributed by atoms with Crippen LogP contribution >= 0.6 is 11.3 Å². The van der Waals surface area contributed by atoms with E-state index in [1.54, 1.807) is 11.3 Å². The molecule has 108 valence electrons. The second kappa shape index (κ2) is 7.97. The van der Waals surface area contributed by atoms with Gasteiger partial charge in [0.25, 0.3) is 0 Å². The summed E-state index contributed by atoms with van der Waals surface area (Å²) in [7, 11) is 1.88. The van der Waals surface area contributed by atoms with E-state index in [4.69, 9.17) is 0 Å². The summed E-state index contributed by atoms with van der Waals surface area (Å²) >= 11 is 1.75. The molecule has 0 spiro atoms. The van der Waals surface area contributed by atoms with Crippen molar-refractivity contribution in [3.05, 3.63) is 29.3 Å². The van der Waals surface area contributed by atoms with Crippen molar-refractivity contribution in [1.82, 2.24) is 15.6 Å². The van der Waals surface area contributed by atoms with E-state index in [0.29, 0.717) is 13.0 Å². The lowest BCUT2D eigenvalue weighted by atomic mass is 10.2. The predicted molar refractivity (Wildman–Crippen MR) is 84.1 cm³/mol. The molecule has 0 aliphatic carbocycles. The predicted octanol–water partition coefficient (Wildman–Crippen LogP) is 2.34. The molecule has 20 heavy (non-hydrogen) atoms. The lowest BCUT2D eigenvalue weighted by molar-refractivity contribution is -0.121. The highest BCUT2D eigenvalue weighted by atomic mass is 32.1. The Morgan fingerprint density at radius 1 is 1.25 bits per heavy atom. The van der Waals surface area contributed by atoms with Crippen LogP contribution in [0, 0.1) is 0 Å². The second-order valence-electron chi connectivity index (χ2n) is 4.74. The molecule has 2 rings (SSSR count). The Hall–Kier alpha value is -1.46. The van der Waals surface area contributed by atoms with Gasteiger partial charge < -0.3 is 10.6 Å². The maximum Gasteiger partial charge on any atom is 0.220 e. The van der Waals surface area contributed by atoms with Crippen molar-refractivity contribution >= 4 is 27.5 Å². The van der Waals surface area contributed by atoms with Gasteiger partial charge in [-0.25, -0.2) is 4.98 Å². The van der Waals surface area contributed by atoms with Crippen LogP contribution < -0.4 is 10.6 Å². The van der Waals surface area contributed by atoms with Crippen molar-refractivity contribution in [2.75, 3.05) is 20.1 Å². The number of thiazole rings is 1. The third-order valence-corrected chi connectivity index (χ3v) is 4.18. The number of hydrogen-bond donors (Lipinski definition) is 2. The molecule has 2 N–H and O–H groups in total. The van der Waals surface area contributed by atoms with Gasteiger partial charge in [-0.3, -0.25) is 4.79 Å². The third-order valence-electron chi connectivity index (χ3n) is 3.08. The number of likely N-dealkylation sites (N-methyl/N-ethyl adjacent to an activating group) is 1. The first-order chi connectivity index (χ1) is 9.79. The van der Waals surface area contributed by atoms with Crippen LogP contribution in [-0.2, 0) is 11.2 Å². The van der Waals surface area contributed by atoms with Gasteiger partial charge in [-0.2, -0.15) is 0 Å². The molecule has 5 heteroatoms. The molecule has 0 fully saturated rings. The van der Waals surface area contributed by atoms with Crippen LogP contribution in [0.15, 0.2) is 24.3 Å². The fraction of sp³-hybridized carbons (Fsp3) is 0.467. The standard InChI is InChI=1S/C15H21N3OS/c1-16-10-11-17-14(19)8-4-5-9-15-18-12-6-2-3-7-13(12)20-15/h2-3,6-7,16H,4-5,8-11H2,1H3,(H,17,19). The summed E-state index contributed by atoms with van der Waals surface area (Å²) in [5, 5.41) is 7.06. The first kappa shape index (κ1) is 14.9. The number of benzene rings is 1. The number of carbonyl (C=O) groups is 1. The summed E-state index contributed by atoms with van der Waals surface area (Å²) in [4.78, 5) is 16.1.